The zero-order valence-electron chi connectivity index (χ0n) is 15.0. The third kappa shape index (κ3) is 3.80. The minimum absolute atomic E-state index is 0.0376. The van der Waals surface area contributed by atoms with Gasteiger partial charge in [-0.1, -0.05) is 30.3 Å². The number of nitrogens with zero attached hydrogens (tertiary/aromatic N) is 2. The Morgan fingerprint density at radius 1 is 1.00 bits per heavy atom. The van der Waals surface area contributed by atoms with Gasteiger partial charge in [-0.25, -0.2) is 0 Å². The van der Waals surface area contributed by atoms with Crippen LogP contribution in [-0.2, 0) is 14.3 Å². The van der Waals surface area contributed by atoms with Gasteiger partial charge in [-0.3, -0.25) is 9.59 Å². The third-order valence-electron chi connectivity index (χ3n) is 4.92. The molecule has 2 aliphatic rings. The van der Waals surface area contributed by atoms with Crippen molar-refractivity contribution in [2.45, 2.75) is 6.42 Å². The number of benzene rings is 2. The summed E-state index contributed by atoms with van der Waals surface area (Å²) >= 11 is 0. The molecular weight excluding hydrogens is 344 g/mol. The number of hydrogen-bond acceptors (Lipinski definition) is 4. The van der Waals surface area contributed by atoms with Crippen LogP contribution in [0.3, 0.4) is 0 Å². The predicted molar refractivity (Wildman–Crippen MR) is 101 cm³/mol. The second kappa shape index (κ2) is 7.80. The Morgan fingerprint density at radius 2 is 1.70 bits per heavy atom. The number of hydrogen-bond donors (Lipinski definition) is 0. The number of anilines is 1. The van der Waals surface area contributed by atoms with Crippen LogP contribution in [0.2, 0.25) is 0 Å². The van der Waals surface area contributed by atoms with E-state index in [1.165, 1.54) is 0 Å². The number of rotatable bonds is 4. The van der Waals surface area contributed by atoms with Crippen molar-refractivity contribution < 1.29 is 19.1 Å². The lowest BCUT2D eigenvalue weighted by atomic mass is 10.1. The maximum absolute atomic E-state index is 12.8. The summed E-state index contributed by atoms with van der Waals surface area (Å²) in [5, 5.41) is 0. The third-order valence-corrected chi connectivity index (χ3v) is 4.92. The molecule has 2 fully saturated rings. The van der Waals surface area contributed by atoms with Crippen LogP contribution >= 0.6 is 0 Å². The molecule has 0 N–H and O–H groups in total. The normalized spacial score (nSPS) is 20.0. The van der Waals surface area contributed by atoms with E-state index >= 15 is 0 Å². The number of carbonyl (C=O) groups is 2. The molecule has 6 nitrogen and oxygen atoms in total. The zero-order chi connectivity index (χ0) is 18.6. The maximum atomic E-state index is 12.8. The van der Waals surface area contributed by atoms with Gasteiger partial charge >= 0.3 is 0 Å². The fourth-order valence-corrected chi connectivity index (χ4v) is 3.53. The molecule has 0 spiro atoms. The molecule has 0 aromatic heterocycles. The fraction of sp³-hybridized carbons (Fsp3) is 0.333. The summed E-state index contributed by atoms with van der Waals surface area (Å²) in [4.78, 5) is 28.9. The minimum atomic E-state index is -0.319. The van der Waals surface area contributed by atoms with Gasteiger partial charge in [-0.2, -0.15) is 0 Å². The lowest BCUT2D eigenvalue weighted by molar-refractivity contribution is -0.139. The van der Waals surface area contributed by atoms with Gasteiger partial charge in [-0.05, 0) is 24.3 Å². The van der Waals surface area contributed by atoms with E-state index < -0.39 is 0 Å². The molecule has 2 amide bonds. The van der Waals surface area contributed by atoms with Gasteiger partial charge in [0.2, 0.25) is 11.8 Å². The van der Waals surface area contributed by atoms with Crippen molar-refractivity contribution in [3.05, 3.63) is 54.6 Å². The van der Waals surface area contributed by atoms with Crippen LogP contribution < -0.4 is 9.64 Å². The SMILES string of the molecule is O=C(C1CC(=O)N(c2ccccc2Oc2ccccc2)C1)N1CCOCC1. The molecule has 2 heterocycles. The molecule has 2 aromatic carbocycles. The molecule has 1 atom stereocenters. The van der Waals surface area contributed by atoms with E-state index in [1.54, 1.807) is 9.80 Å². The Labute approximate surface area is 158 Å². The summed E-state index contributed by atoms with van der Waals surface area (Å²) < 4.78 is 11.3. The topological polar surface area (TPSA) is 59.1 Å². The number of carbonyl (C=O) groups excluding carboxylic acids is 2. The van der Waals surface area contributed by atoms with Gasteiger partial charge in [0.15, 0.2) is 5.75 Å². The number of amides is 2. The highest BCUT2D eigenvalue weighted by Crippen LogP contribution is 2.36. The molecule has 0 bridgehead atoms. The van der Waals surface area contributed by atoms with Gasteiger partial charge in [0.25, 0.3) is 0 Å². The first-order valence-electron chi connectivity index (χ1n) is 9.21. The molecule has 27 heavy (non-hydrogen) atoms. The predicted octanol–water partition coefficient (Wildman–Crippen LogP) is 2.69. The van der Waals surface area contributed by atoms with Gasteiger partial charge in [-0.15, -0.1) is 0 Å². The summed E-state index contributed by atoms with van der Waals surface area (Å²) in [6.07, 6.45) is 0.232. The van der Waals surface area contributed by atoms with Crippen LogP contribution in [0.4, 0.5) is 5.69 Å². The van der Waals surface area contributed by atoms with Gasteiger partial charge in [0, 0.05) is 26.1 Å². The summed E-state index contributed by atoms with van der Waals surface area (Å²) in [7, 11) is 0. The van der Waals surface area contributed by atoms with Crippen molar-refractivity contribution in [2.24, 2.45) is 5.92 Å². The van der Waals surface area contributed by atoms with Crippen molar-refractivity contribution in [3.63, 3.8) is 0 Å². The van der Waals surface area contributed by atoms with Gasteiger partial charge in [0.05, 0.1) is 24.8 Å². The van der Waals surface area contributed by atoms with E-state index in [0.717, 1.165) is 0 Å². The number of para-hydroxylation sites is 3. The average molecular weight is 366 g/mol. The first-order valence-corrected chi connectivity index (χ1v) is 9.21. The molecule has 1 unspecified atom stereocenters. The largest absolute Gasteiger partial charge is 0.455 e. The quantitative estimate of drug-likeness (QED) is 0.835. The van der Waals surface area contributed by atoms with E-state index in [9.17, 15) is 9.59 Å². The van der Waals surface area contributed by atoms with Crippen molar-refractivity contribution in [2.75, 3.05) is 37.7 Å². The first-order chi connectivity index (χ1) is 13.2. The Balaban J connectivity index is 1.52. The van der Waals surface area contributed by atoms with Gasteiger partial charge in [0.1, 0.15) is 5.75 Å². The Hall–Kier alpha value is -2.86. The van der Waals surface area contributed by atoms with Crippen LogP contribution in [0.25, 0.3) is 0 Å². The highest BCUT2D eigenvalue weighted by molar-refractivity contribution is 6.01. The Kier molecular flexibility index (Phi) is 5.07. The highest BCUT2D eigenvalue weighted by atomic mass is 16.5. The number of ether oxygens (including phenoxy) is 2. The van der Waals surface area contributed by atoms with E-state index in [2.05, 4.69) is 0 Å². The van der Waals surface area contributed by atoms with Crippen molar-refractivity contribution in [3.8, 4) is 11.5 Å². The Bertz CT molecular complexity index is 818. The molecule has 0 aliphatic carbocycles. The molecule has 0 radical (unpaired) electrons. The average Bonchev–Trinajstić information content (AvgIpc) is 3.11. The highest BCUT2D eigenvalue weighted by Gasteiger charge is 2.38. The van der Waals surface area contributed by atoms with E-state index in [0.29, 0.717) is 50.0 Å². The lowest BCUT2D eigenvalue weighted by Crippen LogP contribution is -2.44. The molecule has 140 valence electrons. The molecule has 6 heteroatoms. The van der Waals surface area contributed by atoms with Crippen LogP contribution in [0.5, 0.6) is 11.5 Å². The smallest absolute Gasteiger partial charge is 0.228 e. The summed E-state index contributed by atoms with van der Waals surface area (Å²) in [5.74, 6) is 0.982. The summed E-state index contributed by atoms with van der Waals surface area (Å²) in [6.45, 7) is 2.69. The molecule has 2 saturated heterocycles. The minimum Gasteiger partial charge on any atom is -0.455 e. The lowest BCUT2D eigenvalue weighted by Gasteiger charge is -2.29. The molecule has 2 aliphatic heterocycles. The van der Waals surface area contributed by atoms with Crippen LogP contribution in [0, 0.1) is 5.92 Å². The van der Waals surface area contributed by atoms with E-state index in [-0.39, 0.29) is 24.2 Å². The molecule has 0 saturated carbocycles. The van der Waals surface area contributed by atoms with Crippen LogP contribution in [-0.4, -0.2) is 49.6 Å². The van der Waals surface area contributed by atoms with Gasteiger partial charge < -0.3 is 19.3 Å². The maximum Gasteiger partial charge on any atom is 0.228 e. The second-order valence-electron chi connectivity index (χ2n) is 6.73. The standard InChI is InChI=1S/C21H22N2O4/c24-20-14-16(21(25)22-10-12-26-13-11-22)15-23(20)18-8-4-5-9-19(18)27-17-6-2-1-3-7-17/h1-9,16H,10-15H2. The zero-order valence-corrected chi connectivity index (χ0v) is 15.0. The second-order valence-corrected chi connectivity index (χ2v) is 6.73. The van der Waals surface area contributed by atoms with Crippen molar-refractivity contribution in [1.82, 2.24) is 4.90 Å². The Morgan fingerprint density at radius 3 is 2.48 bits per heavy atom. The first kappa shape index (κ1) is 17.5. The van der Waals surface area contributed by atoms with Crippen LogP contribution in [0.15, 0.2) is 54.6 Å². The molecular formula is C21H22N2O4. The van der Waals surface area contributed by atoms with E-state index in [4.69, 9.17) is 9.47 Å². The summed E-state index contributed by atoms with van der Waals surface area (Å²) in [5.41, 5.74) is 0.698. The monoisotopic (exact) mass is 366 g/mol. The van der Waals surface area contributed by atoms with Crippen molar-refractivity contribution >= 4 is 17.5 Å². The fourth-order valence-electron chi connectivity index (χ4n) is 3.53. The molecule has 2 aromatic rings. The number of morpholine rings is 1. The summed E-state index contributed by atoms with van der Waals surface area (Å²) in [6, 6.07) is 16.9. The van der Waals surface area contributed by atoms with Crippen molar-refractivity contribution in [1.29, 1.82) is 0 Å². The van der Waals surface area contributed by atoms with Crippen LogP contribution in [0.1, 0.15) is 6.42 Å². The molecule has 4 rings (SSSR count). The van der Waals surface area contributed by atoms with E-state index in [1.807, 2.05) is 54.6 Å².